The highest BCUT2D eigenvalue weighted by atomic mass is 14.4. The van der Waals surface area contributed by atoms with Crippen LogP contribution in [-0.2, 0) is 0 Å². The zero-order valence-corrected chi connectivity index (χ0v) is 42.8. The van der Waals surface area contributed by atoms with Crippen molar-refractivity contribution in [3.63, 3.8) is 0 Å². The predicted octanol–water partition coefficient (Wildman–Crippen LogP) is 21.5. The molecule has 0 saturated heterocycles. The summed E-state index contributed by atoms with van der Waals surface area (Å²) in [5, 5.41) is 20.9. The molecule has 0 spiro atoms. The van der Waals surface area contributed by atoms with E-state index in [1.54, 1.807) is 0 Å². The van der Waals surface area contributed by atoms with Gasteiger partial charge in [-0.05, 0) is 237 Å². The second-order valence-corrected chi connectivity index (χ2v) is 21.9. The summed E-state index contributed by atoms with van der Waals surface area (Å²) < 4.78 is 0. The molecule has 2 aliphatic carbocycles. The molecule has 15 aromatic carbocycles. The Balaban J connectivity index is 1.00. The van der Waals surface area contributed by atoms with Crippen LogP contribution in [0, 0.1) is 27.7 Å². The van der Waals surface area contributed by atoms with Crippen LogP contribution in [0.4, 0.5) is 0 Å². The maximum atomic E-state index is 2.49. The Morgan fingerprint density at radius 1 is 0.184 bits per heavy atom. The molecule has 15 aromatic rings. The molecule has 76 heavy (non-hydrogen) atoms. The van der Waals surface area contributed by atoms with Crippen molar-refractivity contribution in [2.75, 3.05) is 0 Å². The fourth-order valence-electron chi connectivity index (χ4n) is 14.9. The number of fused-ring (bicyclic) bond motifs is 12. The largest absolute Gasteiger partial charge is 0.0617 e. The van der Waals surface area contributed by atoms with Gasteiger partial charge in [-0.3, -0.25) is 0 Å². The Morgan fingerprint density at radius 3 is 0.842 bits per heavy atom. The zero-order chi connectivity index (χ0) is 50.2. The number of hydrogen-bond donors (Lipinski definition) is 0. The van der Waals surface area contributed by atoms with E-state index in [2.05, 4.69) is 246 Å². The minimum Gasteiger partial charge on any atom is -0.0617 e. The number of hydrogen-bond acceptors (Lipinski definition) is 0. The molecule has 0 aliphatic heterocycles. The van der Waals surface area contributed by atoms with Gasteiger partial charge in [0.25, 0.3) is 0 Å². The van der Waals surface area contributed by atoms with E-state index in [1.165, 1.54) is 197 Å². The topological polar surface area (TPSA) is 0 Å². The summed E-state index contributed by atoms with van der Waals surface area (Å²) in [7, 11) is 0. The van der Waals surface area contributed by atoms with E-state index < -0.39 is 0 Å². The van der Waals surface area contributed by atoms with Gasteiger partial charge in [0.05, 0.1) is 0 Å². The van der Waals surface area contributed by atoms with E-state index in [0.29, 0.717) is 0 Å². The highest BCUT2D eigenvalue weighted by molar-refractivity contribution is 6.42. The van der Waals surface area contributed by atoms with Gasteiger partial charge in [-0.25, -0.2) is 0 Å². The second-order valence-electron chi connectivity index (χ2n) is 21.9. The first-order chi connectivity index (χ1) is 37.4. The lowest BCUT2D eigenvalue weighted by molar-refractivity contribution is 1.39. The van der Waals surface area contributed by atoms with Crippen molar-refractivity contribution >= 4 is 86.2 Å². The van der Waals surface area contributed by atoms with Crippen LogP contribution in [0.3, 0.4) is 0 Å². The molecule has 0 N–H and O–H groups in total. The van der Waals surface area contributed by atoms with Crippen LogP contribution in [0.5, 0.6) is 0 Å². The molecule has 0 heteroatoms. The number of rotatable bonds is 4. The Hall–Kier alpha value is -9.36. The van der Waals surface area contributed by atoms with E-state index in [0.717, 1.165) is 0 Å². The molecule has 0 heterocycles. The Morgan fingerprint density at radius 2 is 0.487 bits per heavy atom. The standard InChI is InChI=1S/C76H48/c1-41-15-13-16-42(2)63(41)71-53-25-11-9-23-51(53)65(49-29-27-45-19-5-7-21-47(45)39-49)73-59-35-31-55-56-32-36-60-70-62(38-34-58(68(56)70)57-33-37-61(75(71)73)69(59)67(55)57)76-72(64-43(3)17-14-18-44(64)4)54-26-12-10-24-52(54)66(74(60)76)50-30-28-46-20-6-8-22-48(46)40-50/h5-40H,1-4H3. The summed E-state index contributed by atoms with van der Waals surface area (Å²) in [6, 6.07) is 83.6. The fraction of sp³-hybridized carbons (Fsp3) is 0.0526. The van der Waals surface area contributed by atoms with E-state index in [1.807, 2.05) is 0 Å². The lowest BCUT2D eigenvalue weighted by atomic mass is 9.80. The first-order valence-electron chi connectivity index (χ1n) is 26.9. The summed E-state index contributed by atoms with van der Waals surface area (Å²) >= 11 is 0. The minimum atomic E-state index is 1.25. The second kappa shape index (κ2) is 15.1. The van der Waals surface area contributed by atoms with Crippen molar-refractivity contribution in [3.05, 3.63) is 241 Å². The maximum Gasteiger partial charge on any atom is -0.000720 e. The van der Waals surface area contributed by atoms with Crippen LogP contribution in [-0.4, -0.2) is 0 Å². The van der Waals surface area contributed by atoms with Crippen LogP contribution >= 0.6 is 0 Å². The van der Waals surface area contributed by atoms with Crippen molar-refractivity contribution in [1.82, 2.24) is 0 Å². The molecule has 0 nitrogen and oxygen atoms in total. The smallest absolute Gasteiger partial charge is 0.000720 e. The van der Waals surface area contributed by atoms with Crippen LogP contribution in [0.15, 0.2) is 218 Å². The summed E-state index contributed by atoms with van der Waals surface area (Å²) in [5.41, 5.74) is 26.3. The van der Waals surface area contributed by atoms with Gasteiger partial charge in [0.2, 0.25) is 0 Å². The summed E-state index contributed by atoms with van der Waals surface area (Å²) in [5.74, 6) is 0. The molecule has 0 bridgehead atoms. The van der Waals surface area contributed by atoms with Crippen molar-refractivity contribution in [3.8, 4) is 89.0 Å². The Kier molecular flexibility index (Phi) is 8.37. The average Bonchev–Trinajstić information content (AvgIpc) is 4.19. The third-order valence-electron chi connectivity index (χ3n) is 17.9. The van der Waals surface area contributed by atoms with Gasteiger partial charge in [0.15, 0.2) is 0 Å². The number of benzene rings is 15. The van der Waals surface area contributed by atoms with Crippen LogP contribution in [0.2, 0.25) is 0 Å². The van der Waals surface area contributed by atoms with E-state index >= 15 is 0 Å². The molecule has 0 fully saturated rings. The lowest BCUT2D eigenvalue weighted by Gasteiger charge is -2.22. The van der Waals surface area contributed by atoms with Crippen LogP contribution in [0.1, 0.15) is 22.3 Å². The first kappa shape index (κ1) is 42.0. The highest BCUT2D eigenvalue weighted by Gasteiger charge is 2.36. The highest BCUT2D eigenvalue weighted by Crippen LogP contribution is 2.63. The molecular formula is C76H48. The van der Waals surface area contributed by atoms with E-state index in [9.17, 15) is 0 Å². The molecule has 0 radical (unpaired) electrons. The predicted molar refractivity (Wildman–Crippen MR) is 327 cm³/mol. The molecule has 0 saturated carbocycles. The monoisotopic (exact) mass is 960 g/mol. The Bertz CT molecular complexity index is 4750. The van der Waals surface area contributed by atoms with Crippen LogP contribution < -0.4 is 0 Å². The summed E-state index contributed by atoms with van der Waals surface area (Å²) in [6.45, 7) is 9.17. The van der Waals surface area contributed by atoms with Gasteiger partial charge in [0, 0.05) is 0 Å². The number of aryl methyl sites for hydroxylation is 4. The fourth-order valence-corrected chi connectivity index (χ4v) is 14.9. The van der Waals surface area contributed by atoms with Crippen molar-refractivity contribution < 1.29 is 0 Å². The van der Waals surface area contributed by atoms with Gasteiger partial charge in [0.1, 0.15) is 0 Å². The van der Waals surface area contributed by atoms with E-state index in [4.69, 9.17) is 0 Å². The maximum absolute atomic E-state index is 2.49. The van der Waals surface area contributed by atoms with Crippen molar-refractivity contribution in [2.24, 2.45) is 0 Å². The van der Waals surface area contributed by atoms with Gasteiger partial charge in [-0.15, -0.1) is 0 Å². The Labute approximate surface area is 441 Å². The molecular weight excluding hydrogens is 913 g/mol. The minimum absolute atomic E-state index is 1.25. The first-order valence-corrected chi connectivity index (χ1v) is 26.9. The molecule has 0 unspecified atom stereocenters. The normalized spacial score (nSPS) is 12.5. The van der Waals surface area contributed by atoms with Gasteiger partial charge >= 0.3 is 0 Å². The molecule has 17 rings (SSSR count). The van der Waals surface area contributed by atoms with Crippen molar-refractivity contribution in [1.29, 1.82) is 0 Å². The summed E-state index contributed by atoms with van der Waals surface area (Å²) in [6.07, 6.45) is 0. The molecule has 352 valence electrons. The molecule has 0 amide bonds. The quantitative estimate of drug-likeness (QED) is 0.122. The molecule has 0 atom stereocenters. The van der Waals surface area contributed by atoms with Crippen LogP contribution in [0.25, 0.3) is 175 Å². The van der Waals surface area contributed by atoms with Gasteiger partial charge in [-0.1, -0.05) is 206 Å². The van der Waals surface area contributed by atoms with Gasteiger partial charge < -0.3 is 0 Å². The third kappa shape index (κ3) is 5.38. The molecule has 2 aliphatic rings. The SMILES string of the molecule is Cc1cccc(C)c1-c1c2c(c(-c3ccc4ccccc4c3)c3ccccc13)-c1ccc3c4ccc5c6c(ccc(c7ccc-2c1c37)c64)-c1c-5c(-c2ccc3ccccc3c2)c2ccccc2c1-c1c(C)cccc1C. The lowest BCUT2D eigenvalue weighted by Crippen LogP contribution is -1.96. The van der Waals surface area contributed by atoms with E-state index in [-0.39, 0.29) is 0 Å². The average molecular weight is 961 g/mol. The summed E-state index contributed by atoms with van der Waals surface area (Å²) in [4.78, 5) is 0. The third-order valence-corrected chi connectivity index (χ3v) is 17.9. The zero-order valence-electron chi connectivity index (χ0n) is 42.8. The molecule has 0 aromatic heterocycles. The van der Waals surface area contributed by atoms with Crippen molar-refractivity contribution in [2.45, 2.75) is 27.7 Å². The van der Waals surface area contributed by atoms with Gasteiger partial charge in [-0.2, -0.15) is 0 Å².